The Balaban J connectivity index is 1.77. The first kappa shape index (κ1) is 17.2. The van der Waals surface area contributed by atoms with Gasteiger partial charge in [0.1, 0.15) is 0 Å². The van der Waals surface area contributed by atoms with Crippen LogP contribution in [0.25, 0.3) is 10.8 Å². The third kappa shape index (κ3) is 5.88. The summed E-state index contributed by atoms with van der Waals surface area (Å²) in [7, 11) is 0. The van der Waals surface area contributed by atoms with Crippen LogP contribution in [0.5, 0.6) is 0 Å². The standard InChI is InChI=1S/C18H24N2O3/c1-13(2)11-23-12-17(21)10-19-18(22)20-16-8-7-14-5-3-4-6-15(14)9-16/h3-9,13,17,21H,10-12H2,1-2H3,(H2,19,20,22). The van der Waals surface area contributed by atoms with Gasteiger partial charge in [0, 0.05) is 18.8 Å². The number of hydrogen-bond acceptors (Lipinski definition) is 3. The van der Waals surface area contributed by atoms with Gasteiger partial charge in [-0.3, -0.25) is 0 Å². The van der Waals surface area contributed by atoms with Gasteiger partial charge < -0.3 is 20.5 Å². The fourth-order valence-corrected chi connectivity index (χ4v) is 2.15. The van der Waals surface area contributed by atoms with Gasteiger partial charge >= 0.3 is 6.03 Å². The number of rotatable bonds is 7. The molecule has 0 aliphatic rings. The minimum absolute atomic E-state index is 0.150. The average molecular weight is 316 g/mol. The highest BCUT2D eigenvalue weighted by molar-refractivity contribution is 5.93. The third-order valence-electron chi connectivity index (χ3n) is 3.27. The van der Waals surface area contributed by atoms with Crippen LogP contribution in [0.3, 0.4) is 0 Å². The fourth-order valence-electron chi connectivity index (χ4n) is 2.15. The molecule has 2 amide bonds. The first-order valence-corrected chi connectivity index (χ1v) is 7.84. The van der Waals surface area contributed by atoms with Gasteiger partial charge in [-0.05, 0) is 28.8 Å². The maximum absolute atomic E-state index is 11.9. The van der Waals surface area contributed by atoms with Crippen molar-refractivity contribution in [2.24, 2.45) is 5.92 Å². The van der Waals surface area contributed by atoms with E-state index >= 15 is 0 Å². The maximum Gasteiger partial charge on any atom is 0.319 e. The number of aliphatic hydroxyl groups excluding tert-OH is 1. The summed E-state index contributed by atoms with van der Waals surface area (Å²) in [6.07, 6.45) is -0.712. The number of aliphatic hydroxyl groups is 1. The number of amides is 2. The second-order valence-electron chi connectivity index (χ2n) is 5.98. The number of carbonyl (C=O) groups is 1. The molecule has 0 aliphatic heterocycles. The molecule has 3 N–H and O–H groups in total. The van der Waals surface area contributed by atoms with Crippen LogP contribution in [0.2, 0.25) is 0 Å². The van der Waals surface area contributed by atoms with E-state index in [2.05, 4.69) is 10.6 Å². The topological polar surface area (TPSA) is 70.6 Å². The predicted octanol–water partition coefficient (Wildman–Crippen LogP) is 2.99. The fraction of sp³-hybridized carbons (Fsp3) is 0.389. The highest BCUT2D eigenvalue weighted by atomic mass is 16.5. The van der Waals surface area contributed by atoms with Crippen molar-refractivity contribution >= 4 is 22.5 Å². The molecule has 0 radical (unpaired) electrons. The zero-order valence-electron chi connectivity index (χ0n) is 13.6. The van der Waals surface area contributed by atoms with Gasteiger partial charge in [-0.1, -0.05) is 44.2 Å². The van der Waals surface area contributed by atoms with Crippen molar-refractivity contribution in [3.8, 4) is 0 Å². The van der Waals surface area contributed by atoms with E-state index in [4.69, 9.17) is 4.74 Å². The molecule has 0 heterocycles. The molecular formula is C18H24N2O3. The summed E-state index contributed by atoms with van der Waals surface area (Å²) in [6.45, 7) is 5.05. The number of ether oxygens (including phenoxy) is 1. The molecule has 124 valence electrons. The van der Waals surface area contributed by atoms with Crippen molar-refractivity contribution < 1.29 is 14.6 Å². The zero-order chi connectivity index (χ0) is 16.7. The molecule has 2 aromatic carbocycles. The van der Waals surface area contributed by atoms with Gasteiger partial charge in [-0.25, -0.2) is 4.79 Å². The number of carbonyl (C=O) groups excluding carboxylic acids is 1. The largest absolute Gasteiger partial charge is 0.389 e. The third-order valence-corrected chi connectivity index (χ3v) is 3.27. The number of nitrogens with one attached hydrogen (secondary N) is 2. The number of anilines is 1. The summed E-state index contributed by atoms with van der Waals surface area (Å²) in [5.74, 6) is 0.423. The Morgan fingerprint density at radius 3 is 2.61 bits per heavy atom. The number of fused-ring (bicyclic) bond motifs is 1. The van der Waals surface area contributed by atoms with Crippen LogP contribution < -0.4 is 10.6 Å². The van der Waals surface area contributed by atoms with Crippen molar-refractivity contribution in [1.29, 1.82) is 0 Å². The van der Waals surface area contributed by atoms with Crippen LogP contribution >= 0.6 is 0 Å². The van der Waals surface area contributed by atoms with Crippen LogP contribution in [-0.4, -0.2) is 37.0 Å². The Kier molecular flexibility index (Phi) is 6.38. The zero-order valence-corrected chi connectivity index (χ0v) is 13.6. The van der Waals surface area contributed by atoms with Crippen molar-refractivity contribution in [3.63, 3.8) is 0 Å². The highest BCUT2D eigenvalue weighted by Crippen LogP contribution is 2.18. The lowest BCUT2D eigenvalue weighted by Gasteiger charge is -2.14. The van der Waals surface area contributed by atoms with Crippen LogP contribution in [0, 0.1) is 5.92 Å². The van der Waals surface area contributed by atoms with Crippen LogP contribution in [0.15, 0.2) is 42.5 Å². The van der Waals surface area contributed by atoms with Gasteiger partial charge in [-0.15, -0.1) is 0 Å². The smallest absolute Gasteiger partial charge is 0.319 e. The predicted molar refractivity (Wildman–Crippen MR) is 92.6 cm³/mol. The lowest BCUT2D eigenvalue weighted by molar-refractivity contribution is 0.0274. The minimum Gasteiger partial charge on any atom is -0.389 e. The second-order valence-corrected chi connectivity index (χ2v) is 5.98. The molecule has 0 aliphatic carbocycles. The van der Waals surface area contributed by atoms with Crippen molar-refractivity contribution in [2.45, 2.75) is 20.0 Å². The van der Waals surface area contributed by atoms with Crippen LogP contribution in [0.1, 0.15) is 13.8 Å². The maximum atomic E-state index is 11.9. The normalized spacial score (nSPS) is 12.3. The highest BCUT2D eigenvalue weighted by Gasteiger charge is 2.08. The Labute approximate surface area is 136 Å². The van der Waals surface area contributed by atoms with Gasteiger partial charge in [0.05, 0.1) is 12.7 Å². The van der Waals surface area contributed by atoms with Gasteiger partial charge in [0.2, 0.25) is 0 Å². The quantitative estimate of drug-likeness (QED) is 0.735. The van der Waals surface area contributed by atoms with E-state index in [0.717, 1.165) is 10.8 Å². The molecule has 0 aromatic heterocycles. The molecule has 0 saturated heterocycles. The first-order valence-electron chi connectivity index (χ1n) is 7.84. The molecule has 0 bridgehead atoms. The van der Waals surface area contributed by atoms with E-state index in [9.17, 15) is 9.90 Å². The molecule has 1 unspecified atom stereocenters. The molecule has 5 heteroatoms. The molecule has 23 heavy (non-hydrogen) atoms. The Morgan fingerprint density at radius 1 is 1.13 bits per heavy atom. The van der Waals surface area contributed by atoms with Gasteiger partial charge in [-0.2, -0.15) is 0 Å². The van der Waals surface area contributed by atoms with Crippen LogP contribution in [-0.2, 0) is 4.74 Å². The summed E-state index contributed by atoms with van der Waals surface area (Å²) in [6, 6.07) is 13.3. The van der Waals surface area contributed by atoms with E-state index in [1.165, 1.54) is 0 Å². The molecule has 5 nitrogen and oxygen atoms in total. The summed E-state index contributed by atoms with van der Waals surface area (Å²) in [5, 5.41) is 17.3. The van der Waals surface area contributed by atoms with Crippen LogP contribution in [0.4, 0.5) is 10.5 Å². The number of urea groups is 1. The van der Waals surface area contributed by atoms with Crippen molar-refractivity contribution in [2.75, 3.05) is 25.1 Å². The Hall–Kier alpha value is -2.11. The van der Waals surface area contributed by atoms with E-state index in [-0.39, 0.29) is 19.2 Å². The van der Waals surface area contributed by atoms with Crippen molar-refractivity contribution in [1.82, 2.24) is 5.32 Å². The lowest BCUT2D eigenvalue weighted by Crippen LogP contribution is -2.37. The number of benzene rings is 2. The summed E-state index contributed by atoms with van der Waals surface area (Å²) in [5.41, 5.74) is 0.715. The Morgan fingerprint density at radius 2 is 1.87 bits per heavy atom. The molecular weight excluding hydrogens is 292 g/mol. The molecule has 0 fully saturated rings. The van der Waals surface area contributed by atoms with Gasteiger partial charge in [0.25, 0.3) is 0 Å². The first-order chi connectivity index (χ1) is 11.0. The average Bonchev–Trinajstić information content (AvgIpc) is 2.52. The molecule has 0 saturated carbocycles. The molecule has 0 spiro atoms. The van der Waals surface area contributed by atoms with E-state index in [0.29, 0.717) is 18.2 Å². The summed E-state index contributed by atoms with van der Waals surface area (Å²) < 4.78 is 5.33. The molecule has 2 rings (SSSR count). The lowest BCUT2D eigenvalue weighted by atomic mass is 10.1. The minimum atomic E-state index is -0.712. The van der Waals surface area contributed by atoms with E-state index in [1.807, 2.05) is 56.3 Å². The monoisotopic (exact) mass is 316 g/mol. The van der Waals surface area contributed by atoms with E-state index < -0.39 is 6.10 Å². The second kappa shape index (κ2) is 8.50. The summed E-state index contributed by atoms with van der Waals surface area (Å²) in [4.78, 5) is 11.9. The van der Waals surface area contributed by atoms with E-state index in [1.54, 1.807) is 0 Å². The van der Waals surface area contributed by atoms with Crippen molar-refractivity contribution in [3.05, 3.63) is 42.5 Å². The molecule has 2 aromatic rings. The number of hydrogen-bond donors (Lipinski definition) is 3. The molecule has 1 atom stereocenters. The SMILES string of the molecule is CC(C)COCC(O)CNC(=O)Nc1ccc2ccccc2c1. The Bertz CT molecular complexity index is 643. The van der Waals surface area contributed by atoms with Gasteiger partial charge in [0.15, 0.2) is 0 Å². The summed E-state index contributed by atoms with van der Waals surface area (Å²) >= 11 is 0.